The van der Waals surface area contributed by atoms with Gasteiger partial charge in [-0.25, -0.2) is 9.97 Å². The highest BCUT2D eigenvalue weighted by Gasteiger charge is 2.23. The van der Waals surface area contributed by atoms with Gasteiger partial charge in [-0.1, -0.05) is 18.2 Å². The third-order valence-electron chi connectivity index (χ3n) is 5.29. The Hall–Kier alpha value is -4.01. The number of esters is 1. The molecule has 0 radical (unpaired) electrons. The maximum absolute atomic E-state index is 11.5. The predicted molar refractivity (Wildman–Crippen MR) is 115 cm³/mol. The second-order valence-electron chi connectivity index (χ2n) is 7.52. The summed E-state index contributed by atoms with van der Waals surface area (Å²) >= 11 is 0. The summed E-state index contributed by atoms with van der Waals surface area (Å²) in [6, 6.07) is 8.69. The molecule has 32 heavy (non-hydrogen) atoms. The van der Waals surface area contributed by atoms with E-state index in [1.165, 1.54) is 11.1 Å². The zero-order valence-corrected chi connectivity index (χ0v) is 17.4. The number of rotatable bonds is 7. The van der Waals surface area contributed by atoms with E-state index in [0.29, 0.717) is 18.1 Å². The molecule has 4 aromatic rings. The molecule has 1 unspecified atom stereocenters. The summed E-state index contributed by atoms with van der Waals surface area (Å²) in [5, 5.41) is 11.2. The summed E-state index contributed by atoms with van der Waals surface area (Å²) < 4.78 is 15.6. The van der Waals surface area contributed by atoms with Crippen molar-refractivity contribution >= 4 is 11.9 Å². The first-order valence-electron chi connectivity index (χ1n) is 10.4. The number of carbonyl (C=O) groups is 1. The van der Waals surface area contributed by atoms with Crippen molar-refractivity contribution in [2.24, 2.45) is 0 Å². The van der Waals surface area contributed by atoms with Crippen LogP contribution in [-0.2, 0) is 28.8 Å². The Balaban J connectivity index is 1.22. The summed E-state index contributed by atoms with van der Waals surface area (Å²) in [5.41, 5.74) is 5.46. The van der Waals surface area contributed by atoms with Crippen molar-refractivity contribution in [3.8, 4) is 22.6 Å². The fraction of sp³-hybridized carbons (Fsp3) is 0.261. The van der Waals surface area contributed by atoms with E-state index in [0.717, 1.165) is 24.0 Å². The number of carbonyl (C=O) groups excluding carboxylic acids is 1. The molecule has 1 aliphatic carbocycles. The van der Waals surface area contributed by atoms with Crippen molar-refractivity contribution in [2.45, 2.75) is 32.2 Å². The molecule has 0 bridgehead atoms. The van der Waals surface area contributed by atoms with Gasteiger partial charge < -0.3 is 18.9 Å². The summed E-state index contributed by atoms with van der Waals surface area (Å²) in [7, 11) is 0. The molecular weight excluding hydrogens is 410 g/mol. The minimum absolute atomic E-state index is 0.0636. The van der Waals surface area contributed by atoms with Crippen LogP contribution in [0, 0.1) is 0 Å². The van der Waals surface area contributed by atoms with E-state index in [-0.39, 0.29) is 24.2 Å². The molecule has 9 heteroatoms. The van der Waals surface area contributed by atoms with E-state index in [9.17, 15) is 4.79 Å². The largest absolute Gasteiger partial charge is 0.472 e. The molecule has 0 saturated carbocycles. The lowest BCUT2D eigenvalue weighted by atomic mass is 10.0. The Bertz CT molecular complexity index is 1220. The molecule has 0 fully saturated rings. The quantitative estimate of drug-likeness (QED) is 0.439. The minimum Gasteiger partial charge on any atom is -0.472 e. The topological polar surface area (TPSA) is 116 Å². The van der Waals surface area contributed by atoms with Gasteiger partial charge in [0.2, 0.25) is 11.8 Å². The van der Waals surface area contributed by atoms with Crippen LogP contribution in [-0.4, -0.2) is 38.8 Å². The lowest BCUT2D eigenvalue weighted by Crippen LogP contribution is -2.20. The van der Waals surface area contributed by atoms with Crippen molar-refractivity contribution in [3.63, 3.8) is 0 Å². The summed E-state index contributed by atoms with van der Waals surface area (Å²) in [5.74, 6) is 0.580. The summed E-state index contributed by atoms with van der Waals surface area (Å²) in [6.45, 7) is 2.05. The first-order chi connectivity index (χ1) is 15.7. The molecule has 3 heterocycles. The van der Waals surface area contributed by atoms with Crippen LogP contribution < -0.4 is 5.32 Å². The molecule has 0 amide bonds. The predicted octanol–water partition coefficient (Wildman–Crippen LogP) is 3.47. The average molecular weight is 431 g/mol. The Morgan fingerprint density at radius 1 is 1.09 bits per heavy atom. The maximum atomic E-state index is 11.5. The van der Waals surface area contributed by atoms with E-state index in [2.05, 4.69) is 43.7 Å². The lowest BCUT2D eigenvalue weighted by molar-refractivity contribution is -0.142. The van der Waals surface area contributed by atoms with Crippen LogP contribution in [0.25, 0.3) is 22.6 Å². The molecule has 0 aliphatic heterocycles. The van der Waals surface area contributed by atoms with Crippen molar-refractivity contribution < 1.29 is 18.4 Å². The van der Waals surface area contributed by atoms with Gasteiger partial charge in [0.15, 0.2) is 0 Å². The van der Waals surface area contributed by atoms with E-state index >= 15 is 0 Å². The van der Waals surface area contributed by atoms with E-state index in [1.54, 1.807) is 31.8 Å². The molecule has 1 aliphatic rings. The number of hydrogen-bond donors (Lipinski definition) is 1. The van der Waals surface area contributed by atoms with Gasteiger partial charge in [0.05, 0.1) is 24.7 Å². The van der Waals surface area contributed by atoms with Crippen molar-refractivity contribution in [1.29, 1.82) is 0 Å². The normalized spacial score (nSPS) is 14.8. The number of benzene rings is 1. The van der Waals surface area contributed by atoms with Crippen LogP contribution in [0.3, 0.4) is 0 Å². The molecule has 5 rings (SSSR count). The van der Waals surface area contributed by atoms with Gasteiger partial charge in [0, 0.05) is 24.0 Å². The van der Waals surface area contributed by atoms with Crippen LogP contribution in [0.5, 0.6) is 0 Å². The zero-order chi connectivity index (χ0) is 21.9. The van der Waals surface area contributed by atoms with Gasteiger partial charge in [-0.15, -0.1) is 10.2 Å². The highest BCUT2D eigenvalue weighted by molar-refractivity contribution is 5.71. The van der Waals surface area contributed by atoms with Crippen LogP contribution >= 0.6 is 0 Å². The fourth-order valence-corrected chi connectivity index (χ4v) is 3.80. The fourth-order valence-electron chi connectivity index (χ4n) is 3.80. The standard InChI is InChI=1S/C23H21N5O4/c1-2-31-21(29)10-20-27-28-22(32-20)18-11-24-23(25-12-18)26-19-8-15-4-3-14(7-17(15)9-19)16-5-6-30-13-16/h3-7,11-13,19H,2,8-10H2,1H3,(H,24,25,26). The smallest absolute Gasteiger partial charge is 0.315 e. The maximum Gasteiger partial charge on any atom is 0.315 e. The van der Waals surface area contributed by atoms with Crippen LogP contribution in [0.15, 0.2) is 58.0 Å². The summed E-state index contributed by atoms with van der Waals surface area (Å²) in [4.78, 5) is 20.3. The minimum atomic E-state index is -0.409. The van der Waals surface area contributed by atoms with Gasteiger partial charge in [-0.3, -0.25) is 4.79 Å². The average Bonchev–Trinajstić information content (AvgIpc) is 3.55. The second kappa shape index (κ2) is 8.62. The van der Waals surface area contributed by atoms with Gasteiger partial charge >= 0.3 is 5.97 Å². The lowest BCUT2D eigenvalue weighted by Gasteiger charge is -2.11. The number of hydrogen-bond acceptors (Lipinski definition) is 9. The molecule has 162 valence electrons. The Morgan fingerprint density at radius 3 is 2.72 bits per heavy atom. The number of aromatic nitrogens is 4. The number of ether oxygens (including phenoxy) is 1. The number of anilines is 1. The molecule has 0 saturated heterocycles. The molecule has 1 aromatic carbocycles. The third-order valence-corrected chi connectivity index (χ3v) is 5.29. The third kappa shape index (κ3) is 4.22. The van der Waals surface area contributed by atoms with Gasteiger partial charge in [0.1, 0.15) is 6.42 Å². The molecule has 1 atom stereocenters. The van der Waals surface area contributed by atoms with Gasteiger partial charge in [-0.05, 0) is 42.5 Å². The first kappa shape index (κ1) is 19.9. The van der Waals surface area contributed by atoms with E-state index < -0.39 is 5.97 Å². The Labute approximate surface area is 183 Å². The molecule has 1 N–H and O–H groups in total. The molecule has 3 aromatic heterocycles. The molecule has 0 spiro atoms. The van der Waals surface area contributed by atoms with Crippen LogP contribution in [0.1, 0.15) is 23.9 Å². The molecular formula is C23H21N5O4. The number of furan rings is 1. The molecule has 9 nitrogen and oxygen atoms in total. The van der Waals surface area contributed by atoms with Crippen molar-refractivity contribution in [2.75, 3.05) is 11.9 Å². The zero-order valence-electron chi connectivity index (χ0n) is 17.4. The monoisotopic (exact) mass is 431 g/mol. The Morgan fingerprint density at radius 2 is 1.94 bits per heavy atom. The second-order valence-corrected chi connectivity index (χ2v) is 7.52. The Kier molecular flexibility index (Phi) is 5.37. The van der Waals surface area contributed by atoms with E-state index in [4.69, 9.17) is 13.6 Å². The SMILES string of the molecule is CCOC(=O)Cc1nnc(-c2cnc(NC3Cc4ccc(-c5ccoc5)cc4C3)nc2)o1. The van der Waals surface area contributed by atoms with Gasteiger partial charge in [0.25, 0.3) is 5.89 Å². The van der Waals surface area contributed by atoms with Gasteiger partial charge in [-0.2, -0.15) is 0 Å². The first-order valence-corrected chi connectivity index (χ1v) is 10.4. The van der Waals surface area contributed by atoms with Crippen LogP contribution in [0.4, 0.5) is 5.95 Å². The van der Waals surface area contributed by atoms with E-state index in [1.807, 2.05) is 6.07 Å². The number of nitrogens with zero attached hydrogens (tertiary/aromatic N) is 4. The highest BCUT2D eigenvalue weighted by Crippen LogP contribution is 2.29. The highest BCUT2D eigenvalue weighted by atomic mass is 16.5. The summed E-state index contributed by atoms with van der Waals surface area (Å²) in [6.07, 6.45) is 8.42. The van der Waals surface area contributed by atoms with Crippen molar-refractivity contribution in [1.82, 2.24) is 20.2 Å². The number of nitrogens with one attached hydrogen (secondary N) is 1. The van der Waals surface area contributed by atoms with Crippen LogP contribution in [0.2, 0.25) is 0 Å². The number of fused-ring (bicyclic) bond motifs is 1. The van der Waals surface area contributed by atoms with Crippen molar-refractivity contribution in [3.05, 3.63) is 66.2 Å².